The molecule has 0 saturated heterocycles. The molecule has 1 saturated carbocycles. The maximum atomic E-state index is 9.15. The molecular formula is C15H20N2O. The molecule has 2 rings (SSSR count). The second-order valence-corrected chi connectivity index (χ2v) is 4.95. The maximum absolute atomic E-state index is 9.15. The van der Waals surface area contributed by atoms with Gasteiger partial charge in [-0.25, -0.2) is 0 Å². The molecule has 0 amide bonds. The Labute approximate surface area is 109 Å². The predicted molar refractivity (Wildman–Crippen MR) is 71.6 cm³/mol. The molecule has 3 nitrogen and oxygen atoms in total. The standard InChI is InChI=1S/C15H20N2O/c1-11-7-8-14(12(9-11)10-16)18-15-6-4-3-5-13(15)17-2/h7-9,13,15,17H,3-6H2,1-2H3. The predicted octanol–water partition coefficient (Wildman–Crippen LogP) is 2.78. The van der Waals surface area contributed by atoms with Gasteiger partial charge in [0, 0.05) is 6.04 Å². The van der Waals surface area contributed by atoms with Crippen LogP contribution >= 0.6 is 0 Å². The number of nitriles is 1. The first-order valence-electron chi connectivity index (χ1n) is 6.59. The van der Waals surface area contributed by atoms with Crippen LogP contribution in [0.15, 0.2) is 18.2 Å². The minimum atomic E-state index is 0.179. The van der Waals surface area contributed by atoms with Crippen LogP contribution in [0.2, 0.25) is 0 Å². The minimum absolute atomic E-state index is 0.179. The topological polar surface area (TPSA) is 45.0 Å². The Bertz CT molecular complexity index is 450. The zero-order valence-electron chi connectivity index (χ0n) is 11.1. The van der Waals surface area contributed by atoms with Crippen molar-refractivity contribution in [3.63, 3.8) is 0 Å². The number of nitrogens with zero attached hydrogens (tertiary/aromatic N) is 1. The number of hydrogen-bond acceptors (Lipinski definition) is 3. The van der Waals surface area contributed by atoms with E-state index in [0.29, 0.717) is 11.6 Å². The monoisotopic (exact) mass is 244 g/mol. The Morgan fingerprint density at radius 3 is 2.83 bits per heavy atom. The molecule has 0 radical (unpaired) electrons. The molecule has 1 aromatic carbocycles. The fraction of sp³-hybridized carbons (Fsp3) is 0.533. The van der Waals surface area contributed by atoms with E-state index in [1.165, 1.54) is 12.8 Å². The fourth-order valence-electron chi connectivity index (χ4n) is 2.57. The SMILES string of the molecule is CNC1CCCCC1Oc1ccc(C)cc1C#N. The highest BCUT2D eigenvalue weighted by Gasteiger charge is 2.25. The number of hydrogen-bond donors (Lipinski definition) is 1. The molecule has 0 aliphatic heterocycles. The van der Waals surface area contributed by atoms with Crippen LogP contribution in [0.5, 0.6) is 5.75 Å². The van der Waals surface area contributed by atoms with Crippen molar-refractivity contribution >= 4 is 0 Å². The first-order valence-corrected chi connectivity index (χ1v) is 6.59. The van der Waals surface area contributed by atoms with Crippen molar-refractivity contribution in [2.24, 2.45) is 0 Å². The summed E-state index contributed by atoms with van der Waals surface area (Å²) in [5.41, 5.74) is 1.73. The third kappa shape index (κ3) is 2.83. The van der Waals surface area contributed by atoms with E-state index in [9.17, 15) is 0 Å². The summed E-state index contributed by atoms with van der Waals surface area (Å²) in [6.45, 7) is 1.99. The molecule has 1 N–H and O–H groups in total. The van der Waals surface area contributed by atoms with Gasteiger partial charge < -0.3 is 10.1 Å². The average molecular weight is 244 g/mol. The lowest BCUT2D eigenvalue weighted by atomic mass is 9.92. The summed E-state index contributed by atoms with van der Waals surface area (Å²) in [5.74, 6) is 0.718. The second-order valence-electron chi connectivity index (χ2n) is 4.95. The molecule has 1 aliphatic carbocycles. The lowest BCUT2D eigenvalue weighted by molar-refractivity contribution is 0.117. The number of likely N-dealkylation sites (N-methyl/N-ethyl adjacent to an activating group) is 1. The van der Waals surface area contributed by atoms with Gasteiger partial charge in [-0.05, 0) is 50.9 Å². The Morgan fingerprint density at radius 2 is 2.11 bits per heavy atom. The van der Waals surface area contributed by atoms with Crippen LogP contribution in [-0.2, 0) is 0 Å². The number of rotatable bonds is 3. The lowest BCUT2D eigenvalue weighted by Crippen LogP contribution is -2.43. The van der Waals surface area contributed by atoms with Gasteiger partial charge in [0.2, 0.25) is 0 Å². The molecule has 3 heteroatoms. The highest BCUT2D eigenvalue weighted by molar-refractivity contribution is 5.45. The molecule has 0 spiro atoms. The summed E-state index contributed by atoms with van der Waals surface area (Å²) in [7, 11) is 1.98. The molecule has 96 valence electrons. The van der Waals surface area contributed by atoms with Gasteiger partial charge in [-0.2, -0.15) is 5.26 Å². The summed E-state index contributed by atoms with van der Waals surface area (Å²) >= 11 is 0. The van der Waals surface area contributed by atoms with E-state index < -0.39 is 0 Å². The van der Waals surface area contributed by atoms with Crippen LogP contribution in [-0.4, -0.2) is 19.2 Å². The van der Waals surface area contributed by atoms with Crippen LogP contribution in [0.1, 0.15) is 36.8 Å². The maximum Gasteiger partial charge on any atom is 0.137 e. The van der Waals surface area contributed by atoms with Crippen molar-refractivity contribution in [3.8, 4) is 11.8 Å². The van der Waals surface area contributed by atoms with Gasteiger partial charge in [-0.1, -0.05) is 12.5 Å². The third-order valence-electron chi connectivity index (χ3n) is 3.61. The van der Waals surface area contributed by atoms with Gasteiger partial charge in [-0.3, -0.25) is 0 Å². The van der Waals surface area contributed by atoms with Crippen LogP contribution in [0, 0.1) is 18.3 Å². The van der Waals surface area contributed by atoms with Crippen molar-refractivity contribution in [2.45, 2.75) is 44.8 Å². The molecule has 1 aliphatic rings. The minimum Gasteiger partial charge on any atom is -0.487 e. The molecular weight excluding hydrogens is 224 g/mol. The van der Waals surface area contributed by atoms with Crippen LogP contribution in [0.3, 0.4) is 0 Å². The Kier molecular flexibility index (Phi) is 4.22. The summed E-state index contributed by atoms with van der Waals surface area (Å²) in [4.78, 5) is 0. The van der Waals surface area contributed by atoms with E-state index in [-0.39, 0.29) is 6.10 Å². The summed E-state index contributed by atoms with van der Waals surface area (Å²) in [6.07, 6.45) is 4.85. The molecule has 0 bridgehead atoms. The number of ether oxygens (including phenoxy) is 1. The van der Waals surface area contributed by atoms with E-state index in [4.69, 9.17) is 10.00 Å². The summed E-state index contributed by atoms with van der Waals surface area (Å²) in [5, 5.41) is 12.5. The van der Waals surface area contributed by atoms with E-state index in [2.05, 4.69) is 11.4 Å². The van der Waals surface area contributed by atoms with Crippen molar-refractivity contribution in [3.05, 3.63) is 29.3 Å². The lowest BCUT2D eigenvalue weighted by Gasteiger charge is -2.31. The first kappa shape index (κ1) is 12.9. The summed E-state index contributed by atoms with van der Waals surface area (Å²) < 4.78 is 6.05. The van der Waals surface area contributed by atoms with E-state index in [0.717, 1.165) is 24.2 Å². The van der Waals surface area contributed by atoms with Crippen molar-refractivity contribution in [1.29, 1.82) is 5.26 Å². The van der Waals surface area contributed by atoms with Gasteiger partial charge in [0.25, 0.3) is 0 Å². The van der Waals surface area contributed by atoms with E-state index >= 15 is 0 Å². The Balaban J connectivity index is 2.15. The fourth-order valence-corrected chi connectivity index (χ4v) is 2.57. The molecule has 18 heavy (non-hydrogen) atoms. The van der Waals surface area contributed by atoms with Crippen molar-refractivity contribution in [1.82, 2.24) is 5.32 Å². The molecule has 0 heterocycles. The Hall–Kier alpha value is -1.53. The molecule has 2 atom stereocenters. The highest BCUT2D eigenvalue weighted by atomic mass is 16.5. The van der Waals surface area contributed by atoms with Crippen molar-refractivity contribution < 1.29 is 4.74 Å². The Morgan fingerprint density at radius 1 is 1.33 bits per heavy atom. The van der Waals surface area contributed by atoms with Gasteiger partial charge in [-0.15, -0.1) is 0 Å². The molecule has 0 aromatic heterocycles. The largest absolute Gasteiger partial charge is 0.487 e. The normalized spacial score (nSPS) is 23.4. The van der Waals surface area contributed by atoms with E-state index in [1.807, 2.05) is 32.2 Å². The number of aryl methyl sites for hydroxylation is 1. The summed E-state index contributed by atoms with van der Waals surface area (Å²) in [6, 6.07) is 8.40. The molecule has 1 fully saturated rings. The van der Waals surface area contributed by atoms with Crippen LogP contribution < -0.4 is 10.1 Å². The zero-order valence-corrected chi connectivity index (χ0v) is 11.1. The van der Waals surface area contributed by atoms with Gasteiger partial charge in [0.05, 0.1) is 5.56 Å². The zero-order chi connectivity index (χ0) is 13.0. The number of benzene rings is 1. The van der Waals surface area contributed by atoms with E-state index in [1.54, 1.807) is 0 Å². The highest BCUT2D eigenvalue weighted by Crippen LogP contribution is 2.26. The van der Waals surface area contributed by atoms with Crippen molar-refractivity contribution in [2.75, 3.05) is 7.05 Å². The average Bonchev–Trinajstić information content (AvgIpc) is 2.41. The second kappa shape index (κ2) is 5.88. The number of nitrogens with one attached hydrogen (secondary N) is 1. The quantitative estimate of drug-likeness (QED) is 0.889. The van der Waals surface area contributed by atoms with Crippen LogP contribution in [0.25, 0.3) is 0 Å². The van der Waals surface area contributed by atoms with Crippen LogP contribution in [0.4, 0.5) is 0 Å². The first-order chi connectivity index (χ1) is 8.74. The molecule has 2 unspecified atom stereocenters. The van der Waals surface area contributed by atoms with Gasteiger partial charge in [0.1, 0.15) is 17.9 Å². The molecule has 1 aromatic rings. The third-order valence-corrected chi connectivity index (χ3v) is 3.61. The smallest absolute Gasteiger partial charge is 0.137 e. The van der Waals surface area contributed by atoms with Gasteiger partial charge >= 0.3 is 0 Å². The van der Waals surface area contributed by atoms with Gasteiger partial charge in [0.15, 0.2) is 0 Å².